The molecule has 0 atom stereocenters. The Morgan fingerprint density at radius 1 is 1.70 bits per heavy atom. The monoisotopic (exact) mass is 314 g/mol. The fraction of sp³-hybridized carbons (Fsp3) is 0.600. The van der Waals surface area contributed by atoms with Crippen LogP contribution < -0.4 is 5.48 Å². The van der Waals surface area contributed by atoms with Crippen molar-refractivity contribution in [3.05, 3.63) is 12.2 Å². The summed E-state index contributed by atoms with van der Waals surface area (Å²) in [5, 5.41) is 11.7. The first-order valence-electron chi connectivity index (χ1n) is 2.66. The third-order valence-corrected chi connectivity index (χ3v) is 0.696. The van der Waals surface area contributed by atoms with Gasteiger partial charge in [-0.1, -0.05) is 6.54 Å². The van der Waals surface area contributed by atoms with Gasteiger partial charge in [-0.2, -0.15) is 6.54 Å². The molecule has 0 radical (unpaired) electrons. The number of amides is 1. The number of nitrogens with one attached hydrogen (secondary N) is 1. The molecule has 0 aromatic carbocycles. The van der Waals surface area contributed by atoms with Crippen LogP contribution in [0.15, 0.2) is 0 Å². The van der Waals surface area contributed by atoms with Crippen LogP contribution in [0.1, 0.15) is 6.42 Å². The van der Waals surface area contributed by atoms with E-state index in [9.17, 15) is 4.79 Å². The van der Waals surface area contributed by atoms with Crippen LogP contribution in [0.4, 0.5) is 0 Å². The van der Waals surface area contributed by atoms with Crippen LogP contribution in [-0.2, 0) is 25.9 Å². The molecule has 0 heterocycles. The zero-order chi connectivity index (χ0) is 7.11. The average Bonchev–Trinajstić information content (AvgIpc) is 1.89. The standard InChI is InChI=1S/C5H10N2O2.W/c1-2-3-6-4-5(8)7-9;/h9H,1-4H2,(H,7,8);/q-2;+2. The number of carbonyl (C=O) groups is 1. The van der Waals surface area contributed by atoms with E-state index in [-0.39, 0.29) is 27.6 Å². The van der Waals surface area contributed by atoms with Crippen molar-refractivity contribution in [2.24, 2.45) is 0 Å². The Hall–Kier alpha value is 0.0783. The molecule has 5 heteroatoms. The maximum atomic E-state index is 10.2. The molecule has 1 amide bonds. The molecule has 0 saturated heterocycles. The number of hydrogen-bond acceptors (Lipinski definition) is 2. The molecular weight excluding hydrogens is 304 g/mol. The van der Waals surface area contributed by atoms with Gasteiger partial charge in [-0.05, 0) is 0 Å². The molecular formula is C5H10N2O2W. The first-order valence-corrected chi connectivity index (χ1v) is 2.66. The van der Waals surface area contributed by atoms with Crippen molar-refractivity contribution in [2.75, 3.05) is 13.1 Å². The van der Waals surface area contributed by atoms with Crippen molar-refractivity contribution in [3.63, 3.8) is 0 Å². The Balaban J connectivity index is 0. The second-order valence-electron chi connectivity index (χ2n) is 1.49. The molecule has 0 aliphatic carbocycles. The van der Waals surface area contributed by atoms with Gasteiger partial charge in [-0.25, -0.2) is 11.9 Å². The minimum Gasteiger partial charge on any atom is -0.656 e. The van der Waals surface area contributed by atoms with Gasteiger partial charge in [0.15, 0.2) is 0 Å². The Bertz CT molecular complexity index is 89.7. The molecule has 0 saturated carbocycles. The van der Waals surface area contributed by atoms with Crippen molar-refractivity contribution in [1.82, 2.24) is 5.48 Å². The number of hydrogen-bond donors (Lipinski definition) is 2. The molecule has 4 nitrogen and oxygen atoms in total. The molecule has 0 aliphatic heterocycles. The van der Waals surface area contributed by atoms with Gasteiger partial charge in [-0.15, -0.1) is 0 Å². The van der Waals surface area contributed by atoms with Crippen molar-refractivity contribution >= 4 is 5.91 Å². The average molecular weight is 314 g/mol. The van der Waals surface area contributed by atoms with Gasteiger partial charge in [0.1, 0.15) is 0 Å². The third kappa shape index (κ3) is 8.08. The summed E-state index contributed by atoms with van der Waals surface area (Å²) in [4.78, 5) is 10.2. The van der Waals surface area contributed by atoms with Crippen LogP contribution in [0.3, 0.4) is 0 Å². The van der Waals surface area contributed by atoms with Gasteiger partial charge in [0.05, 0.1) is 0 Å². The second-order valence-corrected chi connectivity index (χ2v) is 1.49. The number of nitrogens with zero attached hydrogens (tertiary/aromatic N) is 1. The maximum absolute atomic E-state index is 10.2. The molecule has 0 fully saturated rings. The molecule has 0 bridgehead atoms. The van der Waals surface area contributed by atoms with E-state index in [1.807, 2.05) is 0 Å². The molecule has 0 unspecified atom stereocenters. The molecule has 10 heavy (non-hydrogen) atoms. The summed E-state index contributed by atoms with van der Waals surface area (Å²) >= 11 is 0. The quantitative estimate of drug-likeness (QED) is 0.334. The van der Waals surface area contributed by atoms with Gasteiger partial charge in [0, 0.05) is 0 Å². The molecule has 0 rings (SSSR count). The normalized spacial score (nSPS) is 8.20. The van der Waals surface area contributed by atoms with Crippen molar-refractivity contribution < 1.29 is 31.1 Å². The number of hydroxylamine groups is 1. The van der Waals surface area contributed by atoms with Gasteiger partial charge in [-0.3, -0.25) is 10.0 Å². The Morgan fingerprint density at radius 2 is 2.30 bits per heavy atom. The van der Waals surface area contributed by atoms with E-state index in [0.717, 1.165) is 0 Å². The van der Waals surface area contributed by atoms with E-state index in [0.29, 0.717) is 13.0 Å². The summed E-state index contributed by atoms with van der Waals surface area (Å²) in [5.74, 6) is -0.483. The van der Waals surface area contributed by atoms with E-state index in [2.05, 4.69) is 12.2 Å². The Kier molecular flexibility index (Phi) is 11.6. The molecule has 0 aliphatic rings. The van der Waals surface area contributed by atoms with Crippen LogP contribution >= 0.6 is 0 Å². The van der Waals surface area contributed by atoms with Crippen molar-refractivity contribution in [1.29, 1.82) is 0 Å². The zero-order valence-electron chi connectivity index (χ0n) is 5.54. The third-order valence-electron chi connectivity index (χ3n) is 0.696. The largest absolute Gasteiger partial charge is 2.00 e. The second kappa shape index (κ2) is 9.08. The first kappa shape index (κ1) is 12.7. The van der Waals surface area contributed by atoms with Crippen LogP contribution in [-0.4, -0.2) is 24.2 Å². The van der Waals surface area contributed by atoms with Crippen LogP contribution in [0, 0.1) is 6.92 Å². The zero-order valence-corrected chi connectivity index (χ0v) is 8.47. The number of carbonyl (C=O) groups excluding carboxylic acids is 1. The van der Waals surface area contributed by atoms with Gasteiger partial charge in [0.25, 0.3) is 0 Å². The summed E-state index contributed by atoms with van der Waals surface area (Å²) in [5.41, 5.74) is 1.47. The minimum absolute atomic E-state index is 0. The predicted molar refractivity (Wildman–Crippen MR) is 33.0 cm³/mol. The van der Waals surface area contributed by atoms with Crippen molar-refractivity contribution in [2.45, 2.75) is 6.42 Å². The fourth-order valence-electron chi connectivity index (χ4n) is 0.328. The molecule has 58 valence electrons. The van der Waals surface area contributed by atoms with Crippen LogP contribution in [0.5, 0.6) is 0 Å². The maximum Gasteiger partial charge on any atom is 2.00 e. The Morgan fingerprint density at radius 3 is 2.70 bits per heavy atom. The molecule has 0 aromatic rings. The predicted octanol–water partition coefficient (Wildman–Crippen LogP) is 0.0872. The smallest absolute Gasteiger partial charge is 0.656 e. The fourth-order valence-corrected chi connectivity index (χ4v) is 0.328. The van der Waals surface area contributed by atoms with E-state index < -0.39 is 5.91 Å². The SMILES string of the molecule is [CH2-]CC[N-]CC(=O)NO.[W+2]. The van der Waals surface area contributed by atoms with Gasteiger partial charge < -0.3 is 12.2 Å². The van der Waals surface area contributed by atoms with E-state index in [1.54, 1.807) is 0 Å². The van der Waals surface area contributed by atoms with Crippen LogP contribution in [0.2, 0.25) is 0 Å². The first-order chi connectivity index (χ1) is 4.31. The van der Waals surface area contributed by atoms with Gasteiger partial charge >= 0.3 is 21.1 Å². The van der Waals surface area contributed by atoms with E-state index >= 15 is 0 Å². The topological polar surface area (TPSA) is 63.4 Å². The summed E-state index contributed by atoms with van der Waals surface area (Å²) in [7, 11) is 0. The summed E-state index contributed by atoms with van der Waals surface area (Å²) in [6, 6.07) is 0. The molecule has 0 aromatic heterocycles. The number of rotatable bonds is 4. The minimum atomic E-state index is -0.483. The summed E-state index contributed by atoms with van der Waals surface area (Å²) < 4.78 is 0. The molecule has 2 N–H and O–H groups in total. The summed E-state index contributed by atoms with van der Waals surface area (Å²) in [6.45, 7) is 4.10. The van der Waals surface area contributed by atoms with E-state index in [1.165, 1.54) is 5.48 Å². The Labute approximate surface area is 74.6 Å². The van der Waals surface area contributed by atoms with Gasteiger partial charge in [0.2, 0.25) is 5.91 Å². The van der Waals surface area contributed by atoms with E-state index in [4.69, 9.17) is 5.21 Å². The van der Waals surface area contributed by atoms with Crippen molar-refractivity contribution in [3.8, 4) is 0 Å². The molecule has 0 spiro atoms. The van der Waals surface area contributed by atoms with Crippen LogP contribution in [0.25, 0.3) is 5.32 Å². The summed E-state index contributed by atoms with van der Waals surface area (Å²) in [6.07, 6.45) is 0.679.